The van der Waals surface area contributed by atoms with Gasteiger partial charge in [-0.3, -0.25) is 0 Å². The number of hydrogen-bond donors (Lipinski definition) is 2. The van der Waals surface area contributed by atoms with Gasteiger partial charge in [-0.05, 0) is 39.3 Å². The molecule has 1 aromatic carbocycles. The number of benzene rings is 1. The van der Waals surface area contributed by atoms with E-state index in [-0.39, 0.29) is 18.2 Å². The predicted molar refractivity (Wildman–Crippen MR) is 76.2 cm³/mol. The van der Waals surface area contributed by atoms with Gasteiger partial charge in [0.1, 0.15) is 0 Å². The van der Waals surface area contributed by atoms with Crippen molar-refractivity contribution in [3.63, 3.8) is 0 Å². The quantitative estimate of drug-likeness (QED) is 0.838. The van der Waals surface area contributed by atoms with Crippen molar-refractivity contribution >= 4 is 5.69 Å². The summed E-state index contributed by atoms with van der Waals surface area (Å²) in [5.74, 6) is 0. The van der Waals surface area contributed by atoms with Crippen LogP contribution in [-0.4, -0.2) is 36.4 Å². The van der Waals surface area contributed by atoms with Crippen LogP contribution in [0.15, 0.2) is 18.2 Å². The van der Waals surface area contributed by atoms with Crippen LogP contribution in [0, 0.1) is 13.8 Å². The molecule has 0 saturated carbocycles. The summed E-state index contributed by atoms with van der Waals surface area (Å²) in [4.78, 5) is 2.38. The van der Waals surface area contributed by atoms with Crippen LogP contribution in [0.2, 0.25) is 0 Å². The third kappa shape index (κ3) is 2.85. The Bertz CT molecular complexity index is 429. The molecule has 0 spiro atoms. The SMILES string of the molecule is Cc1ccc(N2CC(CO)NC(C)(C)C2)c(C)c1. The Morgan fingerprint density at radius 1 is 1.39 bits per heavy atom. The van der Waals surface area contributed by atoms with Crippen molar-refractivity contribution in [1.29, 1.82) is 0 Å². The van der Waals surface area contributed by atoms with E-state index in [1.54, 1.807) is 0 Å². The fraction of sp³-hybridized carbons (Fsp3) is 0.600. The first-order valence-corrected chi connectivity index (χ1v) is 6.62. The number of aliphatic hydroxyl groups excluding tert-OH is 1. The molecule has 1 aromatic rings. The van der Waals surface area contributed by atoms with Crippen LogP contribution in [0.4, 0.5) is 5.69 Å². The van der Waals surface area contributed by atoms with Crippen molar-refractivity contribution < 1.29 is 5.11 Å². The highest BCUT2D eigenvalue weighted by Gasteiger charge is 2.31. The number of nitrogens with one attached hydrogen (secondary N) is 1. The molecule has 1 heterocycles. The lowest BCUT2D eigenvalue weighted by Gasteiger charge is -2.45. The maximum Gasteiger partial charge on any atom is 0.0602 e. The molecule has 1 fully saturated rings. The summed E-state index contributed by atoms with van der Waals surface area (Å²) in [5.41, 5.74) is 3.92. The molecule has 1 saturated heterocycles. The average Bonchev–Trinajstić information content (AvgIpc) is 2.26. The predicted octanol–water partition coefficient (Wildman–Crippen LogP) is 1.85. The van der Waals surface area contributed by atoms with Crippen LogP contribution in [0.5, 0.6) is 0 Å². The number of hydrogen-bond acceptors (Lipinski definition) is 3. The molecule has 3 heteroatoms. The van der Waals surface area contributed by atoms with E-state index in [1.807, 2.05) is 0 Å². The van der Waals surface area contributed by atoms with Gasteiger partial charge in [0.05, 0.1) is 6.61 Å². The van der Waals surface area contributed by atoms with Gasteiger partial charge in [0.2, 0.25) is 0 Å². The molecular weight excluding hydrogens is 224 g/mol. The summed E-state index contributed by atoms with van der Waals surface area (Å²) in [6.45, 7) is 10.7. The van der Waals surface area contributed by atoms with E-state index in [9.17, 15) is 5.11 Å². The van der Waals surface area contributed by atoms with E-state index in [1.165, 1.54) is 16.8 Å². The van der Waals surface area contributed by atoms with E-state index < -0.39 is 0 Å². The first-order chi connectivity index (χ1) is 8.41. The number of anilines is 1. The van der Waals surface area contributed by atoms with Crippen LogP contribution in [0.3, 0.4) is 0 Å². The fourth-order valence-electron chi connectivity index (χ4n) is 2.90. The summed E-state index contributed by atoms with van der Waals surface area (Å²) in [5, 5.41) is 12.9. The van der Waals surface area contributed by atoms with Crippen molar-refractivity contribution in [2.45, 2.75) is 39.3 Å². The summed E-state index contributed by atoms with van der Waals surface area (Å²) in [6.07, 6.45) is 0. The zero-order chi connectivity index (χ0) is 13.3. The normalized spacial score (nSPS) is 23.2. The molecular formula is C15H24N2O. The molecule has 2 rings (SSSR count). The molecule has 18 heavy (non-hydrogen) atoms. The first-order valence-electron chi connectivity index (χ1n) is 6.62. The largest absolute Gasteiger partial charge is 0.395 e. The smallest absolute Gasteiger partial charge is 0.0602 e. The van der Waals surface area contributed by atoms with Crippen molar-refractivity contribution in [3.8, 4) is 0 Å². The average molecular weight is 248 g/mol. The summed E-state index contributed by atoms with van der Waals surface area (Å²) >= 11 is 0. The van der Waals surface area contributed by atoms with Gasteiger partial charge in [-0.25, -0.2) is 0 Å². The van der Waals surface area contributed by atoms with Gasteiger partial charge in [-0.2, -0.15) is 0 Å². The zero-order valence-corrected chi connectivity index (χ0v) is 11.8. The second-order valence-corrected chi connectivity index (χ2v) is 6.08. The molecule has 0 aromatic heterocycles. The summed E-state index contributed by atoms with van der Waals surface area (Å²) in [6, 6.07) is 6.72. The topological polar surface area (TPSA) is 35.5 Å². The molecule has 0 amide bonds. The highest BCUT2D eigenvalue weighted by atomic mass is 16.3. The van der Waals surface area contributed by atoms with Gasteiger partial charge >= 0.3 is 0 Å². The second-order valence-electron chi connectivity index (χ2n) is 6.08. The lowest BCUT2D eigenvalue weighted by Crippen LogP contribution is -2.63. The second kappa shape index (κ2) is 4.90. The molecule has 3 nitrogen and oxygen atoms in total. The monoisotopic (exact) mass is 248 g/mol. The molecule has 0 bridgehead atoms. The summed E-state index contributed by atoms with van der Waals surface area (Å²) < 4.78 is 0. The number of aliphatic hydroxyl groups is 1. The highest BCUT2D eigenvalue weighted by molar-refractivity contribution is 5.55. The highest BCUT2D eigenvalue weighted by Crippen LogP contribution is 2.25. The molecule has 2 N–H and O–H groups in total. The van der Waals surface area contributed by atoms with E-state index >= 15 is 0 Å². The van der Waals surface area contributed by atoms with Crippen molar-refractivity contribution in [2.75, 3.05) is 24.6 Å². The van der Waals surface area contributed by atoms with E-state index in [0.717, 1.165) is 13.1 Å². The fourth-order valence-corrected chi connectivity index (χ4v) is 2.90. The van der Waals surface area contributed by atoms with Crippen LogP contribution in [0.1, 0.15) is 25.0 Å². The Balaban J connectivity index is 2.26. The first kappa shape index (κ1) is 13.4. The van der Waals surface area contributed by atoms with Gasteiger partial charge in [0, 0.05) is 30.4 Å². The molecule has 1 atom stereocenters. The van der Waals surface area contributed by atoms with Crippen LogP contribution in [0.25, 0.3) is 0 Å². The lowest BCUT2D eigenvalue weighted by molar-refractivity contribution is 0.191. The van der Waals surface area contributed by atoms with Gasteiger partial charge < -0.3 is 15.3 Å². The Kier molecular flexibility index (Phi) is 3.64. The molecule has 0 radical (unpaired) electrons. The van der Waals surface area contributed by atoms with Gasteiger partial charge in [0.15, 0.2) is 0 Å². The van der Waals surface area contributed by atoms with Crippen molar-refractivity contribution in [2.24, 2.45) is 0 Å². The van der Waals surface area contributed by atoms with Gasteiger partial charge in [0.25, 0.3) is 0 Å². The third-order valence-corrected chi connectivity index (χ3v) is 3.54. The molecule has 1 unspecified atom stereocenters. The summed E-state index contributed by atoms with van der Waals surface area (Å²) in [7, 11) is 0. The van der Waals surface area contributed by atoms with Gasteiger partial charge in [-0.1, -0.05) is 17.7 Å². The minimum Gasteiger partial charge on any atom is -0.395 e. The number of aryl methyl sites for hydroxylation is 2. The number of nitrogens with zero attached hydrogens (tertiary/aromatic N) is 1. The maximum absolute atomic E-state index is 9.41. The van der Waals surface area contributed by atoms with E-state index in [0.29, 0.717) is 0 Å². The van der Waals surface area contributed by atoms with Crippen LogP contribution >= 0.6 is 0 Å². The molecule has 100 valence electrons. The van der Waals surface area contributed by atoms with E-state index in [4.69, 9.17) is 0 Å². The minimum atomic E-state index is 0.0307. The van der Waals surface area contributed by atoms with E-state index in [2.05, 4.69) is 56.1 Å². The van der Waals surface area contributed by atoms with Crippen molar-refractivity contribution in [3.05, 3.63) is 29.3 Å². The third-order valence-electron chi connectivity index (χ3n) is 3.54. The maximum atomic E-state index is 9.41. The standard InChI is InChI=1S/C15H24N2O/c1-11-5-6-14(12(2)7-11)17-8-13(9-18)16-15(3,4)10-17/h5-7,13,16,18H,8-10H2,1-4H3. The lowest BCUT2D eigenvalue weighted by atomic mass is 9.97. The van der Waals surface area contributed by atoms with Crippen LogP contribution in [-0.2, 0) is 0 Å². The molecule has 1 aliphatic rings. The van der Waals surface area contributed by atoms with Gasteiger partial charge in [-0.15, -0.1) is 0 Å². The Morgan fingerprint density at radius 3 is 2.72 bits per heavy atom. The minimum absolute atomic E-state index is 0.0307. The van der Waals surface area contributed by atoms with Crippen molar-refractivity contribution in [1.82, 2.24) is 5.32 Å². The Morgan fingerprint density at radius 2 is 2.11 bits per heavy atom. The zero-order valence-electron chi connectivity index (χ0n) is 11.8. The molecule has 1 aliphatic heterocycles. The molecule has 0 aliphatic carbocycles. The van der Waals surface area contributed by atoms with Crippen LogP contribution < -0.4 is 10.2 Å². The number of piperazine rings is 1. The Hall–Kier alpha value is -1.06. The number of rotatable bonds is 2. The Labute approximate surface area is 110 Å².